The molecule has 8 heteroatoms. The highest BCUT2D eigenvalue weighted by Gasteiger charge is 2.38. The molecule has 0 radical (unpaired) electrons. The van der Waals surface area contributed by atoms with Gasteiger partial charge in [-0.05, 0) is 69.0 Å². The number of halogens is 3. The third kappa shape index (κ3) is 5.67. The molecule has 2 fully saturated rings. The zero-order valence-electron chi connectivity index (χ0n) is 16.0. The fourth-order valence-corrected chi connectivity index (χ4v) is 4.51. The van der Waals surface area contributed by atoms with Gasteiger partial charge in [-0.3, -0.25) is 4.79 Å². The second-order valence-electron chi connectivity index (χ2n) is 7.46. The van der Waals surface area contributed by atoms with Crippen molar-refractivity contribution in [1.29, 1.82) is 0 Å². The van der Waals surface area contributed by atoms with Crippen LogP contribution in [0.4, 0.5) is 0 Å². The average molecular weight is 450 g/mol. The van der Waals surface area contributed by atoms with E-state index in [9.17, 15) is 4.79 Å². The Morgan fingerprint density at radius 3 is 2.57 bits per heavy atom. The molecule has 0 aliphatic carbocycles. The van der Waals surface area contributed by atoms with Gasteiger partial charge in [0.1, 0.15) is 5.75 Å². The zero-order chi connectivity index (χ0) is 20.1. The van der Waals surface area contributed by atoms with E-state index in [4.69, 9.17) is 44.3 Å². The summed E-state index contributed by atoms with van der Waals surface area (Å²) in [5.41, 5.74) is 0.444. The van der Waals surface area contributed by atoms with Crippen molar-refractivity contribution in [1.82, 2.24) is 10.2 Å². The molecule has 0 aromatic heterocycles. The van der Waals surface area contributed by atoms with Gasteiger partial charge in [-0.15, -0.1) is 0 Å². The molecule has 156 valence electrons. The van der Waals surface area contributed by atoms with E-state index in [-0.39, 0.29) is 5.91 Å². The Labute approximate surface area is 181 Å². The second kappa shape index (κ2) is 9.86. The van der Waals surface area contributed by atoms with Crippen LogP contribution in [0.1, 0.15) is 42.5 Å². The van der Waals surface area contributed by atoms with Crippen LogP contribution in [-0.2, 0) is 4.74 Å². The molecule has 1 amide bonds. The highest BCUT2D eigenvalue weighted by molar-refractivity contribution is 6.68. The Kier molecular flexibility index (Phi) is 7.74. The number of amides is 1. The number of piperidine rings is 2. The van der Waals surface area contributed by atoms with E-state index < -0.39 is 10.0 Å². The fourth-order valence-electron chi connectivity index (χ4n) is 4.15. The number of nitrogens with zero attached hydrogens (tertiary/aromatic N) is 1. The summed E-state index contributed by atoms with van der Waals surface area (Å²) >= 11 is 18.3. The first-order valence-electron chi connectivity index (χ1n) is 9.76. The summed E-state index contributed by atoms with van der Waals surface area (Å²) < 4.78 is 9.30. The van der Waals surface area contributed by atoms with E-state index in [1.54, 1.807) is 31.4 Å². The third-order valence-corrected chi connectivity index (χ3v) is 6.21. The van der Waals surface area contributed by atoms with Crippen molar-refractivity contribution in [2.75, 3.05) is 26.8 Å². The van der Waals surface area contributed by atoms with Crippen molar-refractivity contribution < 1.29 is 14.3 Å². The summed E-state index contributed by atoms with van der Waals surface area (Å²) in [6.45, 7) is 2.77. The lowest BCUT2D eigenvalue weighted by atomic mass is 9.84. The number of rotatable bonds is 6. The normalized spacial score (nSPS) is 24.3. The number of hydrogen-bond acceptors (Lipinski definition) is 4. The SMILES string of the molecule is COc1ccc(C(=O)N[C@H](OC[C@@H]2CCCN3CCCC[C@@H]23)C(Cl)(Cl)Cl)cc1. The van der Waals surface area contributed by atoms with Gasteiger partial charge in [0.05, 0.1) is 13.7 Å². The van der Waals surface area contributed by atoms with Crippen molar-refractivity contribution in [3.8, 4) is 5.75 Å². The number of ether oxygens (including phenoxy) is 2. The summed E-state index contributed by atoms with van der Waals surface area (Å²) in [4.78, 5) is 15.1. The van der Waals surface area contributed by atoms with Gasteiger partial charge >= 0.3 is 0 Å². The van der Waals surface area contributed by atoms with Gasteiger partial charge in [0.25, 0.3) is 5.91 Å². The molecule has 1 aromatic rings. The van der Waals surface area contributed by atoms with E-state index in [1.807, 2.05) is 0 Å². The highest BCUT2D eigenvalue weighted by Crippen LogP contribution is 2.34. The minimum Gasteiger partial charge on any atom is -0.497 e. The molecular formula is C20H27Cl3N2O3. The van der Waals surface area contributed by atoms with Crippen LogP contribution < -0.4 is 10.1 Å². The summed E-state index contributed by atoms with van der Waals surface area (Å²) in [6.07, 6.45) is 4.93. The quantitative estimate of drug-likeness (QED) is 0.516. The number of hydrogen-bond donors (Lipinski definition) is 1. The molecule has 1 aromatic carbocycles. The topological polar surface area (TPSA) is 50.8 Å². The van der Waals surface area contributed by atoms with Crippen LogP contribution in [0.5, 0.6) is 5.75 Å². The molecule has 0 unspecified atom stereocenters. The molecule has 0 bridgehead atoms. The van der Waals surface area contributed by atoms with Crippen molar-refractivity contribution in [2.45, 2.75) is 48.2 Å². The molecule has 0 saturated carbocycles. The van der Waals surface area contributed by atoms with Gasteiger partial charge in [0, 0.05) is 11.6 Å². The Bertz CT molecular complexity index is 649. The van der Waals surface area contributed by atoms with Crippen LogP contribution in [0.2, 0.25) is 0 Å². The molecule has 2 aliphatic heterocycles. The fraction of sp³-hybridized carbons (Fsp3) is 0.650. The molecule has 0 spiro atoms. The second-order valence-corrected chi connectivity index (χ2v) is 9.83. The number of fused-ring (bicyclic) bond motifs is 1. The van der Waals surface area contributed by atoms with Crippen molar-refractivity contribution >= 4 is 40.7 Å². The maximum Gasteiger partial charge on any atom is 0.253 e. The number of alkyl halides is 3. The molecule has 2 saturated heterocycles. The Hall–Kier alpha value is -0.720. The Morgan fingerprint density at radius 1 is 1.18 bits per heavy atom. The zero-order valence-corrected chi connectivity index (χ0v) is 18.3. The van der Waals surface area contributed by atoms with Crippen LogP contribution in [-0.4, -0.2) is 53.7 Å². The predicted octanol–water partition coefficient (Wildman–Crippen LogP) is 4.40. The van der Waals surface area contributed by atoms with Crippen LogP contribution in [0.25, 0.3) is 0 Å². The smallest absolute Gasteiger partial charge is 0.253 e. The van der Waals surface area contributed by atoms with E-state index in [0.717, 1.165) is 25.9 Å². The number of carbonyl (C=O) groups excluding carboxylic acids is 1. The van der Waals surface area contributed by atoms with E-state index in [0.29, 0.717) is 29.9 Å². The summed E-state index contributed by atoms with van der Waals surface area (Å²) in [5, 5.41) is 2.71. The Morgan fingerprint density at radius 2 is 1.89 bits per heavy atom. The van der Waals surface area contributed by atoms with Crippen LogP contribution >= 0.6 is 34.8 Å². The molecular weight excluding hydrogens is 423 g/mol. The van der Waals surface area contributed by atoms with Gasteiger partial charge in [-0.2, -0.15) is 0 Å². The average Bonchev–Trinajstić information content (AvgIpc) is 2.70. The van der Waals surface area contributed by atoms with Crippen molar-refractivity contribution in [3.05, 3.63) is 29.8 Å². The van der Waals surface area contributed by atoms with Gasteiger partial charge in [-0.25, -0.2) is 0 Å². The van der Waals surface area contributed by atoms with E-state index in [1.165, 1.54) is 19.3 Å². The molecule has 2 heterocycles. The first kappa shape index (κ1) is 22.0. The molecule has 5 nitrogen and oxygen atoms in total. The molecule has 2 aliphatic rings. The minimum absolute atomic E-state index is 0.359. The maximum absolute atomic E-state index is 12.6. The lowest BCUT2D eigenvalue weighted by Gasteiger charge is -2.44. The third-order valence-electron chi connectivity index (χ3n) is 5.62. The molecule has 3 atom stereocenters. The van der Waals surface area contributed by atoms with Gasteiger partial charge in [-0.1, -0.05) is 41.2 Å². The van der Waals surface area contributed by atoms with Gasteiger partial charge < -0.3 is 19.7 Å². The Balaban J connectivity index is 1.61. The summed E-state index contributed by atoms with van der Waals surface area (Å²) in [7, 11) is 1.57. The molecule has 3 rings (SSSR count). The van der Waals surface area contributed by atoms with Crippen molar-refractivity contribution in [3.63, 3.8) is 0 Å². The maximum atomic E-state index is 12.6. The standard InChI is InChI=1S/C20H27Cl3N2O3/c1-27-16-9-7-14(8-10-16)18(26)24-19(20(21,22)23)28-13-15-5-4-12-25-11-3-2-6-17(15)25/h7-10,15,17,19H,2-6,11-13H2,1H3,(H,24,26)/t15-,17-,19+/m0/s1. The van der Waals surface area contributed by atoms with E-state index >= 15 is 0 Å². The van der Waals surface area contributed by atoms with E-state index in [2.05, 4.69) is 10.2 Å². The van der Waals surface area contributed by atoms with Crippen molar-refractivity contribution in [2.24, 2.45) is 5.92 Å². The van der Waals surface area contributed by atoms with Gasteiger partial charge in [0.2, 0.25) is 3.79 Å². The molecule has 28 heavy (non-hydrogen) atoms. The highest BCUT2D eigenvalue weighted by atomic mass is 35.6. The minimum atomic E-state index is -1.76. The lowest BCUT2D eigenvalue weighted by Crippen LogP contribution is -2.51. The molecule has 1 N–H and O–H groups in total. The number of benzene rings is 1. The lowest BCUT2D eigenvalue weighted by molar-refractivity contribution is -0.0325. The van der Waals surface area contributed by atoms with Crippen LogP contribution in [0.15, 0.2) is 24.3 Å². The van der Waals surface area contributed by atoms with Crippen LogP contribution in [0, 0.1) is 5.92 Å². The predicted molar refractivity (Wildman–Crippen MR) is 112 cm³/mol. The first-order valence-corrected chi connectivity index (χ1v) is 10.9. The van der Waals surface area contributed by atoms with Gasteiger partial charge in [0.15, 0.2) is 6.23 Å². The largest absolute Gasteiger partial charge is 0.497 e. The summed E-state index contributed by atoms with van der Waals surface area (Å²) in [5.74, 6) is 0.698. The van der Waals surface area contributed by atoms with Crippen LogP contribution in [0.3, 0.4) is 0 Å². The summed E-state index contributed by atoms with van der Waals surface area (Å²) in [6, 6.07) is 7.25. The first-order chi connectivity index (χ1) is 13.4. The number of carbonyl (C=O) groups is 1. The monoisotopic (exact) mass is 448 g/mol. The number of methoxy groups -OCH3 is 1. The number of nitrogens with one attached hydrogen (secondary N) is 1.